The molecule has 5 rings (SSSR count). The second-order valence-electron chi connectivity index (χ2n) is 13.0. The first kappa shape index (κ1) is 27.2. The highest BCUT2D eigenvalue weighted by molar-refractivity contribution is 7.26. The summed E-state index contributed by atoms with van der Waals surface area (Å²) in [5.41, 5.74) is 11.2. The minimum absolute atomic E-state index is 0.256. The second kappa shape index (κ2) is 9.78. The minimum atomic E-state index is -1.68. The van der Waals surface area contributed by atoms with Crippen LogP contribution < -0.4 is 10.4 Å². The molecule has 1 atom stereocenters. The van der Waals surface area contributed by atoms with Crippen molar-refractivity contribution in [3.8, 4) is 0 Å². The van der Waals surface area contributed by atoms with E-state index in [-0.39, 0.29) is 5.41 Å². The van der Waals surface area contributed by atoms with Crippen LogP contribution in [0.25, 0.3) is 12.2 Å². The van der Waals surface area contributed by atoms with Gasteiger partial charge in [0.1, 0.15) is 0 Å². The molecule has 0 heterocycles. The molecule has 36 heavy (non-hydrogen) atoms. The van der Waals surface area contributed by atoms with E-state index < -0.39 is 15.5 Å². The number of fused-ring (bicyclic) bond motifs is 2. The first-order chi connectivity index (χ1) is 16.7. The molecule has 0 N–H and O–H groups in total. The van der Waals surface area contributed by atoms with E-state index in [4.69, 9.17) is 11.1 Å². The smallest absolute Gasteiger partial charge is 0.162 e. The Morgan fingerprint density at radius 1 is 0.778 bits per heavy atom. The van der Waals surface area contributed by atoms with Crippen LogP contribution in [0.3, 0.4) is 0 Å². The molecule has 2 aromatic carbocycles. The van der Waals surface area contributed by atoms with Crippen molar-refractivity contribution in [1.29, 1.82) is 0 Å². The molecule has 0 bridgehead atoms. The van der Waals surface area contributed by atoms with Crippen molar-refractivity contribution in [3.63, 3.8) is 0 Å². The molecule has 0 nitrogen and oxygen atoms in total. The quantitative estimate of drug-likeness (QED) is 0.275. The molecule has 2 aromatic rings. The van der Waals surface area contributed by atoms with Crippen molar-refractivity contribution in [2.45, 2.75) is 79.2 Å². The number of allylic oxidation sites excluding steroid dienone is 6. The van der Waals surface area contributed by atoms with Crippen molar-refractivity contribution in [2.75, 3.05) is 0 Å². The van der Waals surface area contributed by atoms with Gasteiger partial charge in [0.25, 0.3) is 0 Å². The summed E-state index contributed by atoms with van der Waals surface area (Å²) < 4.78 is 0. The summed E-state index contributed by atoms with van der Waals surface area (Å²) in [6.45, 7) is 20.8. The van der Waals surface area contributed by atoms with Gasteiger partial charge in [-0.05, 0) is 70.7 Å². The van der Waals surface area contributed by atoms with Gasteiger partial charge in [-0.15, -0.1) is 0 Å². The van der Waals surface area contributed by atoms with Gasteiger partial charge in [0, 0.05) is 0 Å². The van der Waals surface area contributed by atoms with Crippen molar-refractivity contribution < 1.29 is 0 Å². The maximum atomic E-state index is 6.51. The topological polar surface area (TPSA) is 0 Å². The molecule has 0 fully saturated rings. The van der Waals surface area contributed by atoms with Crippen LogP contribution in [0, 0.1) is 5.41 Å². The van der Waals surface area contributed by atoms with Gasteiger partial charge in [-0.3, -0.25) is 0 Å². The third kappa shape index (κ3) is 5.51. The largest absolute Gasteiger partial charge is 0.181 e. The minimum Gasteiger partial charge on any atom is -0.162 e. The van der Waals surface area contributed by atoms with Crippen LogP contribution in [0.5, 0.6) is 0 Å². The molecule has 0 saturated heterocycles. The zero-order valence-electron chi connectivity index (χ0n) is 23.7. The van der Waals surface area contributed by atoms with E-state index in [9.17, 15) is 0 Å². The lowest BCUT2D eigenvalue weighted by atomic mass is 9.87. The Morgan fingerprint density at radius 2 is 1.28 bits per heavy atom. The van der Waals surface area contributed by atoms with Crippen LogP contribution in [0.1, 0.15) is 56.9 Å². The van der Waals surface area contributed by atoms with Crippen LogP contribution in [0.2, 0.25) is 31.7 Å². The lowest BCUT2D eigenvalue weighted by Gasteiger charge is -2.30. The van der Waals surface area contributed by atoms with E-state index in [1.807, 2.05) is 0 Å². The van der Waals surface area contributed by atoms with Gasteiger partial charge in [-0.1, -0.05) is 130 Å². The molecule has 0 radical (unpaired) electrons. The maximum absolute atomic E-state index is 6.51. The molecule has 3 heteroatoms. The van der Waals surface area contributed by atoms with E-state index in [0.717, 1.165) is 12.8 Å². The summed E-state index contributed by atoms with van der Waals surface area (Å²) in [5.74, 6) is 0. The van der Waals surface area contributed by atoms with Crippen molar-refractivity contribution in [3.05, 3.63) is 93.6 Å². The van der Waals surface area contributed by atoms with Crippen LogP contribution in [-0.2, 0) is 12.8 Å². The molecule has 0 spiro atoms. The number of hydrogen-bond donors (Lipinski definition) is 0. The summed E-state index contributed by atoms with van der Waals surface area (Å²) in [6.07, 6.45) is 14.2. The fourth-order valence-electron chi connectivity index (χ4n) is 5.87. The average Bonchev–Trinajstić information content (AvgIpc) is 3.48. The van der Waals surface area contributed by atoms with Crippen molar-refractivity contribution in [2.24, 2.45) is 5.41 Å². The third-order valence-electron chi connectivity index (χ3n) is 8.02. The molecule has 0 aliphatic heterocycles. The Morgan fingerprint density at radius 3 is 1.75 bits per heavy atom. The van der Waals surface area contributed by atoms with Gasteiger partial charge in [0.2, 0.25) is 0 Å². The standard InChI is InChI=1S/C21H28Si.C12H15ClSi/c1-15-12-16-8-7-9-20(19(16)13-15)22(5,6)18-11-10-17(14-18)21(2,3)4;1-9-7-10-5-4-6-12(11(10)8-9)14(2,3)13/h7-12,14,18H,13H2,1-6H3;4-7H,8H2,1-3H3. The van der Waals surface area contributed by atoms with Gasteiger partial charge >= 0.3 is 0 Å². The van der Waals surface area contributed by atoms with E-state index in [0.29, 0.717) is 5.54 Å². The third-order valence-corrected chi connectivity index (χ3v) is 14.3. The Bertz CT molecular complexity index is 1290. The van der Waals surface area contributed by atoms with E-state index >= 15 is 0 Å². The summed E-state index contributed by atoms with van der Waals surface area (Å²) in [7, 11) is -3.23. The molecular formula is C33H43ClSi2. The number of benzene rings is 2. The van der Waals surface area contributed by atoms with Crippen molar-refractivity contribution >= 4 is 49.1 Å². The highest BCUT2D eigenvalue weighted by Crippen LogP contribution is 2.39. The molecule has 0 aromatic heterocycles. The van der Waals surface area contributed by atoms with Crippen LogP contribution in [-0.4, -0.2) is 15.5 Å². The predicted molar refractivity (Wildman–Crippen MR) is 168 cm³/mol. The molecule has 0 saturated carbocycles. The Balaban J connectivity index is 0.000000187. The Labute approximate surface area is 226 Å². The van der Waals surface area contributed by atoms with E-state index in [2.05, 4.69) is 128 Å². The summed E-state index contributed by atoms with van der Waals surface area (Å²) >= 11 is 6.51. The van der Waals surface area contributed by atoms with Crippen molar-refractivity contribution in [1.82, 2.24) is 0 Å². The SMILES string of the molecule is CC1=Cc2cccc([Si](C)(C)C3C=CC(C(C)(C)C)=C3)c2C1.CC1=Cc2cccc([Si](C)(C)Cl)c2C1. The zero-order valence-corrected chi connectivity index (χ0v) is 26.5. The van der Waals surface area contributed by atoms with E-state index in [1.54, 1.807) is 10.8 Å². The van der Waals surface area contributed by atoms with Gasteiger partial charge < -0.3 is 0 Å². The molecule has 1 unspecified atom stereocenters. The number of rotatable bonds is 3. The lowest BCUT2D eigenvalue weighted by Crippen LogP contribution is -2.46. The fourth-order valence-corrected chi connectivity index (χ4v) is 10.9. The van der Waals surface area contributed by atoms with Gasteiger partial charge in [-0.25, -0.2) is 0 Å². The van der Waals surface area contributed by atoms with Gasteiger partial charge in [0.15, 0.2) is 7.38 Å². The summed E-state index contributed by atoms with van der Waals surface area (Å²) in [5, 5.41) is 3.06. The Hall–Kier alpha value is -1.88. The van der Waals surface area contributed by atoms with Gasteiger partial charge in [-0.2, -0.15) is 11.1 Å². The second-order valence-corrected chi connectivity index (χ2v) is 24.0. The van der Waals surface area contributed by atoms with Gasteiger partial charge in [0.05, 0.1) is 8.07 Å². The first-order valence-electron chi connectivity index (χ1n) is 13.4. The normalized spacial score (nSPS) is 18.7. The highest BCUT2D eigenvalue weighted by atomic mass is 35.6. The predicted octanol–water partition coefficient (Wildman–Crippen LogP) is 8.77. The molecular weight excluding hydrogens is 488 g/mol. The highest BCUT2D eigenvalue weighted by Gasteiger charge is 2.36. The fraction of sp³-hybridized carbons (Fsp3) is 0.394. The average molecular weight is 531 g/mol. The monoisotopic (exact) mass is 530 g/mol. The molecule has 3 aliphatic rings. The zero-order chi connectivity index (χ0) is 26.5. The Kier molecular flexibility index (Phi) is 7.38. The summed E-state index contributed by atoms with van der Waals surface area (Å²) in [4.78, 5) is 0. The number of hydrogen-bond acceptors (Lipinski definition) is 0. The molecule has 3 aliphatic carbocycles. The summed E-state index contributed by atoms with van der Waals surface area (Å²) in [6, 6.07) is 13.4. The van der Waals surface area contributed by atoms with Crippen LogP contribution >= 0.6 is 11.1 Å². The molecule has 190 valence electrons. The number of halogens is 1. The maximum Gasteiger partial charge on any atom is 0.181 e. The first-order valence-corrected chi connectivity index (χ1v) is 20.5. The van der Waals surface area contributed by atoms with Crippen LogP contribution in [0.15, 0.2) is 71.3 Å². The van der Waals surface area contributed by atoms with Crippen LogP contribution in [0.4, 0.5) is 0 Å². The molecule has 0 amide bonds. The van der Waals surface area contributed by atoms with E-state index in [1.165, 1.54) is 38.6 Å². The lowest BCUT2D eigenvalue weighted by molar-refractivity contribution is 0.518.